The average molecular weight is 529 g/mol. The van der Waals surface area contributed by atoms with Crippen LogP contribution in [0, 0.1) is 11.3 Å². The predicted octanol–water partition coefficient (Wildman–Crippen LogP) is 2.32. The van der Waals surface area contributed by atoms with Crippen LogP contribution in [0.1, 0.15) is 37.8 Å². The van der Waals surface area contributed by atoms with E-state index < -0.39 is 47.4 Å². The summed E-state index contributed by atoms with van der Waals surface area (Å²) >= 11 is 6.29. The number of nitrogens with one attached hydrogen (secondary N) is 2. The zero-order valence-electron chi connectivity index (χ0n) is 19.3. The first-order chi connectivity index (χ1) is 15.8. The molecule has 0 aliphatic carbocycles. The minimum absolute atomic E-state index is 0.0813. The predicted molar refractivity (Wildman–Crippen MR) is 110 cm³/mol. The van der Waals surface area contributed by atoms with Gasteiger partial charge < -0.3 is 4.74 Å². The molecule has 0 radical (unpaired) electrons. The fraction of sp³-hybridized carbons (Fsp3) is 0.176. The second-order valence-corrected chi connectivity index (χ2v) is 7.09. The first kappa shape index (κ1) is 14.9. The van der Waals surface area contributed by atoms with E-state index in [2.05, 4.69) is 47.2 Å². The summed E-state index contributed by atoms with van der Waals surface area (Å²) in [5.74, 6) is -1.52. The molecule has 12 heteroatoms. The van der Waals surface area contributed by atoms with Gasteiger partial charge in [0, 0.05) is 15.7 Å². The van der Waals surface area contributed by atoms with E-state index in [0.717, 1.165) is 6.07 Å². The molecule has 3 aromatic rings. The summed E-state index contributed by atoms with van der Waals surface area (Å²) in [7, 11) is 0. The first-order valence-electron chi connectivity index (χ1n) is 10.2. The van der Waals surface area contributed by atoms with Crippen molar-refractivity contribution in [1.82, 2.24) is 25.0 Å². The van der Waals surface area contributed by atoms with Gasteiger partial charge in [-0.1, -0.05) is 13.8 Å². The van der Waals surface area contributed by atoms with Crippen LogP contribution >= 0.6 is 31.9 Å². The monoisotopic (exact) mass is 527 g/mol. The Bertz CT molecular complexity index is 1500. The number of aromatic amines is 2. The number of ether oxygens (including phenoxy) is 1. The molecule has 3 rings (SSSR count). The Balaban J connectivity index is 2.17. The molecule has 0 saturated carbocycles. The molecule has 0 spiro atoms. The van der Waals surface area contributed by atoms with E-state index in [1.165, 1.54) is 13.0 Å². The Labute approximate surface area is 186 Å². The highest BCUT2D eigenvalue weighted by atomic mass is 79.9. The Kier molecular flexibility index (Phi) is 4.18. The number of halogens is 2. The molecular formula is C17H12Br2N6O4. The molecule has 0 bridgehead atoms. The second kappa shape index (κ2) is 8.14. The number of hydrogen-bond acceptors (Lipinski definition) is 7. The smallest absolute Gasteiger partial charge is 0.349 e. The van der Waals surface area contributed by atoms with Crippen LogP contribution in [0.25, 0.3) is 5.69 Å². The van der Waals surface area contributed by atoms with Crippen molar-refractivity contribution in [2.45, 2.75) is 19.7 Å². The Morgan fingerprint density at radius 1 is 1.31 bits per heavy atom. The quantitative estimate of drug-likeness (QED) is 0.528. The molecule has 0 aliphatic rings. The summed E-state index contributed by atoms with van der Waals surface area (Å²) in [6, 6.07) is 1.71. The lowest BCUT2D eigenvalue weighted by atomic mass is 10.1. The van der Waals surface area contributed by atoms with E-state index in [1.54, 1.807) is 0 Å². The zero-order valence-corrected chi connectivity index (χ0v) is 17.5. The van der Waals surface area contributed by atoms with Crippen LogP contribution in [0.4, 0.5) is 0 Å². The molecule has 10 nitrogen and oxygen atoms in total. The van der Waals surface area contributed by atoms with E-state index >= 15 is 0 Å². The van der Waals surface area contributed by atoms with Gasteiger partial charge in [-0.3, -0.25) is 14.6 Å². The molecular weight excluding hydrogens is 512 g/mol. The molecule has 148 valence electrons. The van der Waals surface area contributed by atoms with Crippen LogP contribution in [-0.2, 0) is 0 Å². The van der Waals surface area contributed by atoms with Gasteiger partial charge in [0.05, 0.1) is 17.4 Å². The maximum Gasteiger partial charge on any atom is 0.349 e. The third-order valence-electron chi connectivity index (χ3n) is 3.48. The molecule has 2 heterocycles. The summed E-state index contributed by atoms with van der Waals surface area (Å²) in [5, 5.41) is 18.5. The summed E-state index contributed by atoms with van der Waals surface area (Å²) < 4.78 is 45.4. The van der Waals surface area contributed by atoms with Crippen molar-refractivity contribution in [2.24, 2.45) is 0 Å². The number of rotatable bonds is 4. The molecule has 2 N–H and O–H groups in total. The van der Waals surface area contributed by atoms with E-state index in [-0.39, 0.29) is 31.8 Å². The van der Waals surface area contributed by atoms with Gasteiger partial charge in [0.25, 0.3) is 11.1 Å². The van der Waals surface area contributed by atoms with E-state index in [4.69, 9.17) is 16.9 Å². The third kappa shape index (κ3) is 4.20. The molecule has 1 aromatic carbocycles. The number of nitrogens with zero attached hydrogens (tertiary/aromatic N) is 4. The maximum absolute atomic E-state index is 12.2. The van der Waals surface area contributed by atoms with Crippen LogP contribution in [0.15, 0.2) is 41.5 Å². The lowest BCUT2D eigenvalue weighted by Crippen LogP contribution is -2.33. The topological polar surface area (TPSA) is 147 Å². The van der Waals surface area contributed by atoms with Crippen molar-refractivity contribution in [3.8, 4) is 23.4 Å². The van der Waals surface area contributed by atoms with Gasteiger partial charge in [0.15, 0.2) is 5.75 Å². The van der Waals surface area contributed by atoms with Gasteiger partial charge in [0.1, 0.15) is 6.07 Å². The summed E-state index contributed by atoms with van der Waals surface area (Å²) in [6.07, 6.45) is 0. The van der Waals surface area contributed by atoms with Crippen molar-refractivity contribution in [2.75, 3.05) is 0 Å². The van der Waals surface area contributed by atoms with Crippen molar-refractivity contribution in [3.05, 3.63) is 69.5 Å². The lowest BCUT2D eigenvalue weighted by molar-refractivity contribution is 0.446. The van der Waals surface area contributed by atoms with Crippen molar-refractivity contribution < 1.29 is 11.6 Å². The number of aromatic nitrogens is 5. The van der Waals surface area contributed by atoms with Crippen LogP contribution in [0.5, 0.6) is 11.6 Å². The summed E-state index contributed by atoms with van der Waals surface area (Å²) in [6.45, 7) is -1.12. The highest BCUT2D eigenvalue weighted by Crippen LogP contribution is 2.38. The molecule has 1 unspecified atom stereocenters. The fourth-order valence-electron chi connectivity index (χ4n) is 2.15. The fourth-order valence-corrected chi connectivity index (χ4v) is 3.35. The number of nitriles is 1. The number of hydrogen-bond donors (Lipinski definition) is 2. The standard InChI is InChI=1S/C17H12Br2N6O4/c1-7(2)9-5-13(22-23-15(9)26)29-14-10(18)3-8(4-11(14)19)25-17(28)21-16(27)12(6-20)24-25/h3-5,7H,1-2H3,(H,23,26)(H,21,27,28)/i1D3,3D,4D. The second-order valence-electron chi connectivity index (χ2n) is 5.50. The molecule has 1 atom stereocenters. The number of benzene rings is 1. The van der Waals surface area contributed by atoms with Crippen molar-refractivity contribution in [1.29, 1.82) is 5.26 Å². The van der Waals surface area contributed by atoms with Gasteiger partial charge in [-0.2, -0.15) is 9.94 Å². The summed E-state index contributed by atoms with van der Waals surface area (Å²) in [5.41, 5.74) is -3.97. The normalized spacial score (nSPS) is 14.6. The van der Waals surface area contributed by atoms with Crippen LogP contribution in [-0.4, -0.2) is 25.0 Å². The Hall–Kier alpha value is -3.04. The van der Waals surface area contributed by atoms with Gasteiger partial charge in [-0.25, -0.2) is 9.89 Å². The van der Waals surface area contributed by atoms with Crippen molar-refractivity contribution >= 4 is 31.9 Å². The van der Waals surface area contributed by atoms with Gasteiger partial charge in [-0.05, 0) is 49.9 Å². The maximum atomic E-state index is 12.2. The van der Waals surface area contributed by atoms with E-state index in [0.29, 0.717) is 4.68 Å². The molecule has 29 heavy (non-hydrogen) atoms. The molecule has 0 aliphatic heterocycles. The first-order valence-corrected chi connectivity index (χ1v) is 9.26. The largest absolute Gasteiger partial charge is 0.435 e. The average Bonchev–Trinajstić information content (AvgIpc) is 2.76. The SMILES string of the molecule is [2H]c1c(Br)c(Oc2cc(C(C)C([2H])([2H])[2H])c(=O)[nH]n2)c(Br)c([2H])c1-n1nc(C#N)c(=O)[nH]c1=O. The molecule has 0 fully saturated rings. The van der Waals surface area contributed by atoms with Crippen LogP contribution < -0.4 is 21.5 Å². The van der Waals surface area contributed by atoms with Gasteiger partial charge in [0.2, 0.25) is 11.6 Å². The molecule has 2 aromatic heterocycles. The molecule has 0 amide bonds. The third-order valence-corrected chi connectivity index (χ3v) is 4.60. The van der Waals surface area contributed by atoms with Gasteiger partial charge >= 0.3 is 5.69 Å². The van der Waals surface area contributed by atoms with E-state index in [1.807, 2.05) is 4.98 Å². The highest BCUT2D eigenvalue weighted by Gasteiger charge is 2.16. The van der Waals surface area contributed by atoms with E-state index in [9.17, 15) is 14.4 Å². The Morgan fingerprint density at radius 2 is 2.00 bits per heavy atom. The highest BCUT2D eigenvalue weighted by molar-refractivity contribution is 9.11. The minimum atomic E-state index is -2.46. The van der Waals surface area contributed by atoms with Gasteiger partial charge in [-0.15, -0.1) is 10.2 Å². The molecule has 0 saturated heterocycles. The summed E-state index contributed by atoms with van der Waals surface area (Å²) in [4.78, 5) is 37.8. The zero-order chi connectivity index (χ0) is 25.5. The lowest BCUT2D eigenvalue weighted by Gasteiger charge is -2.12. The van der Waals surface area contributed by atoms with Crippen LogP contribution in [0.2, 0.25) is 0 Å². The number of H-pyrrole nitrogens is 2. The van der Waals surface area contributed by atoms with Crippen molar-refractivity contribution in [3.63, 3.8) is 0 Å². The van der Waals surface area contributed by atoms with Crippen LogP contribution in [0.3, 0.4) is 0 Å². The minimum Gasteiger partial charge on any atom is -0.435 e. The Morgan fingerprint density at radius 3 is 2.62 bits per heavy atom.